The van der Waals surface area contributed by atoms with Gasteiger partial charge < -0.3 is 14.6 Å². The second-order valence-corrected chi connectivity index (χ2v) is 10.5. The third kappa shape index (κ3) is 10.0. The summed E-state index contributed by atoms with van der Waals surface area (Å²) in [4.78, 5) is 56.4. The van der Waals surface area contributed by atoms with Crippen molar-refractivity contribution in [1.82, 2.24) is 5.06 Å². The Hall–Kier alpha value is -2.27. The van der Waals surface area contributed by atoms with E-state index in [0.717, 1.165) is 0 Å². The van der Waals surface area contributed by atoms with Gasteiger partial charge in [0.05, 0.1) is 36.9 Å². The highest BCUT2D eigenvalue weighted by Crippen LogP contribution is 2.32. The minimum absolute atomic E-state index is 0.198. The Morgan fingerprint density at radius 2 is 1.44 bits per heavy atom. The first-order valence-corrected chi connectivity index (χ1v) is 12.8. The number of rotatable bonds is 13. The van der Waals surface area contributed by atoms with Crippen LogP contribution in [0.25, 0.3) is 0 Å². The number of carboxylic acid groups (broad SMARTS) is 1. The number of hydroxylamine groups is 2. The molecule has 0 aromatic rings. The van der Waals surface area contributed by atoms with Gasteiger partial charge in [0.2, 0.25) is 0 Å². The van der Waals surface area contributed by atoms with E-state index < -0.39 is 35.3 Å². The van der Waals surface area contributed by atoms with Gasteiger partial charge in [-0.15, -0.1) is 0 Å². The minimum atomic E-state index is -0.926. The zero-order valence-corrected chi connectivity index (χ0v) is 21.5. The standard InChI is InChI=1S/C25H40FNO9/c1-25(2,35-23(31)19-9-4-7-17(15-19)21(28)29)11-14-34-27(3)12-6-13-33-22(30)18-8-5-10-20(16-18)24(32)36-26/h17-20H,4-16H2,1-3H3,(H,28,29). The maximum absolute atomic E-state index is 12.5. The second kappa shape index (κ2) is 14.5. The van der Waals surface area contributed by atoms with Crippen LogP contribution in [0.15, 0.2) is 0 Å². The van der Waals surface area contributed by atoms with Crippen molar-refractivity contribution in [2.45, 2.75) is 83.7 Å². The Morgan fingerprint density at radius 3 is 2.06 bits per heavy atom. The summed E-state index contributed by atoms with van der Waals surface area (Å²) in [6.07, 6.45) is 5.27. The molecule has 1 N–H and O–H groups in total. The molecule has 2 rings (SSSR count). The van der Waals surface area contributed by atoms with E-state index in [2.05, 4.69) is 4.94 Å². The van der Waals surface area contributed by atoms with E-state index in [1.54, 1.807) is 26.0 Å². The largest absolute Gasteiger partial charge is 0.481 e. The van der Waals surface area contributed by atoms with E-state index in [1.807, 2.05) is 0 Å². The maximum Gasteiger partial charge on any atom is 0.351 e. The first kappa shape index (κ1) is 30.0. The van der Waals surface area contributed by atoms with Crippen LogP contribution in [0.1, 0.15) is 78.1 Å². The summed E-state index contributed by atoms with van der Waals surface area (Å²) in [5, 5.41) is 10.8. The number of carbonyl (C=O) groups is 4. The number of aliphatic carboxylic acids is 1. The molecule has 4 atom stereocenters. The highest BCUT2D eigenvalue weighted by atomic mass is 19.3. The van der Waals surface area contributed by atoms with Crippen LogP contribution in [0.3, 0.4) is 0 Å². The van der Waals surface area contributed by atoms with Crippen molar-refractivity contribution in [3.05, 3.63) is 0 Å². The number of carboxylic acids is 1. The van der Waals surface area contributed by atoms with Crippen molar-refractivity contribution in [1.29, 1.82) is 0 Å². The quantitative estimate of drug-likeness (QED) is 0.220. The second-order valence-electron chi connectivity index (χ2n) is 10.5. The Labute approximate surface area is 211 Å². The molecule has 0 bridgehead atoms. The van der Waals surface area contributed by atoms with Gasteiger partial charge in [-0.3, -0.25) is 24.2 Å². The van der Waals surface area contributed by atoms with Gasteiger partial charge in [0.15, 0.2) is 0 Å². The monoisotopic (exact) mass is 517 g/mol. The molecule has 2 fully saturated rings. The molecule has 2 aliphatic rings. The van der Waals surface area contributed by atoms with Gasteiger partial charge in [-0.05, 0) is 58.8 Å². The highest BCUT2D eigenvalue weighted by Gasteiger charge is 2.35. The first-order chi connectivity index (χ1) is 17.0. The van der Waals surface area contributed by atoms with Gasteiger partial charge in [0.1, 0.15) is 5.60 Å². The molecular weight excluding hydrogens is 477 g/mol. The summed E-state index contributed by atoms with van der Waals surface area (Å²) in [5.74, 6) is -4.43. The zero-order valence-electron chi connectivity index (χ0n) is 21.5. The van der Waals surface area contributed by atoms with Crippen LogP contribution >= 0.6 is 0 Å². The summed E-state index contributed by atoms with van der Waals surface area (Å²) < 4.78 is 23.1. The Balaban J connectivity index is 1.60. The molecule has 36 heavy (non-hydrogen) atoms. The SMILES string of the molecule is CN(CCCOC(=O)C1CCCC(C(=O)OF)C1)OCCC(C)(C)OC(=O)C1CCCC(C(=O)O)C1. The molecule has 0 saturated heterocycles. The van der Waals surface area contributed by atoms with Crippen molar-refractivity contribution in [2.75, 3.05) is 26.8 Å². The lowest BCUT2D eigenvalue weighted by Gasteiger charge is -2.31. The molecule has 0 aromatic heterocycles. The fraction of sp³-hybridized carbons (Fsp3) is 0.840. The van der Waals surface area contributed by atoms with Crippen molar-refractivity contribution in [3.8, 4) is 0 Å². The van der Waals surface area contributed by atoms with Crippen molar-refractivity contribution >= 4 is 23.9 Å². The summed E-state index contributed by atoms with van der Waals surface area (Å²) >= 11 is 0. The Bertz CT molecular complexity index is 760. The van der Waals surface area contributed by atoms with Gasteiger partial charge in [-0.2, -0.15) is 5.06 Å². The predicted molar refractivity (Wildman–Crippen MR) is 125 cm³/mol. The summed E-state index contributed by atoms with van der Waals surface area (Å²) in [6.45, 7) is 4.62. The molecule has 206 valence electrons. The number of hydrogen-bond acceptors (Lipinski definition) is 9. The molecule has 0 amide bonds. The topological polar surface area (TPSA) is 129 Å². The lowest BCUT2D eigenvalue weighted by atomic mass is 9.81. The average molecular weight is 518 g/mol. The van der Waals surface area contributed by atoms with Crippen molar-refractivity contribution in [3.63, 3.8) is 0 Å². The van der Waals surface area contributed by atoms with E-state index in [1.165, 1.54) is 0 Å². The lowest BCUT2D eigenvalue weighted by molar-refractivity contribution is -0.191. The van der Waals surface area contributed by atoms with Crippen molar-refractivity contribution in [2.24, 2.45) is 23.7 Å². The third-order valence-electron chi connectivity index (χ3n) is 7.03. The van der Waals surface area contributed by atoms with Crippen molar-refractivity contribution < 1.29 is 48.1 Å². The molecule has 0 aliphatic heterocycles. The number of ether oxygens (including phenoxy) is 2. The van der Waals surface area contributed by atoms with E-state index in [9.17, 15) is 28.8 Å². The molecule has 2 saturated carbocycles. The van der Waals surface area contributed by atoms with Crippen LogP contribution < -0.4 is 0 Å². The molecule has 0 aromatic carbocycles. The van der Waals surface area contributed by atoms with E-state index in [0.29, 0.717) is 70.9 Å². The van der Waals surface area contributed by atoms with Gasteiger partial charge >= 0.3 is 23.9 Å². The Kier molecular flexibility index (Phi) is 12.0. The van der Waals surface area contributed by atoms with Crippen LogP contribution in [0.4, 0.5) is 4.53 Å². The van der Waals surface area contributed by atoms with Gasteiger partial charge in [0.25, 0.3) is 0 Å². The molecule has 0 radical (unpaired) electrons. The summed E-state index contributed by atoms with van der Waals surface area (Å²) in [6, 6.07) is 0. The van der Waals surface area contributed by atoms with E-state index >= 15 is 0 Å². The molecular formula is C25H40FNO9. The predicted octanol–water partition coefficient (Wildman–Crippen LogP) is 3.62. The molecule has 0 heterocycles. The third-order valence-corrected chi connectivity index (χ3v) is 7.03. The fourth-order valence-corrected chi connectivity index (χ4v) is 4.81. The molecule has 11 heteroatoms. The minimum Gasteiger partial charge on any atom is -0.481 e. The molecule has 10 nitrogen and oxygen atoms in total. The van der Waals surface area contributed by atoms with Gasteiger partial charge in [0, 0.05) is 24.5 Å². The maximum atomic E-state index is 12.5. The molecule has 2 aliphatic carbocycles. The normalized spacial score (nSPS) is 24.7. The summed E-state index contributed by atoms with van der Waals surface area (Å²) in [5.41, 5.74) is -0.754. The van der Waals surface area contributed by atoms with Gasteiger partial charge in [-0.25, -0.2) is 4.79 Å². The lowest BCUT2D eigenvalue weighted by Crippen LogP contribution is -2.36. The number of halogens is 1. The number of carbonyl (C=O) groups excluding carboxylic acids is 3. The first-order valence-electron chi connectivity index (χ1n) is 12.8. The fourth-order valence-electron chi connectivity index (χ4n) is 4.81. The number of hydrogen-bond donors (Lipinski definition) is 1. The average Bonchev–Trinajstić information content (AvgIpc) is 2.85. The van der Waals surface area contributed by atoms with Crippen LogP contribution in [0.2, 0.25) is 0 Å². The van der Waals surface area contributed by atoms with E-state index in [4.69, 9.17) is 14.3 Å². The van der Waals surface area contributed by atoms with Crippen LogP contribution in [0, 0.1) is 23.7 Å². The van der Waals surface area contributed by atoms with Gasteiger partial charge in [-0.1, -0.05) is 12.8 Å². The number of esters is 2. The number of nitrogens with zero attached hydrogens (tertiary/aromatic N) is 1. The molecule has 0 spiro atoms. The van der Waals surface area contributed by atoms with E-state index in [-0.39, 0.29) is 30.9 Å². The molecule has 4 unspecified atom stereocenters. The van der Waals surface area contributed by atoms with Crippen LogP contribution in [-0.2, 0) is 38.4 Å². The highest BCUT2D eigenvalue weighted by molar-refractivity contribution is 5.76. The smallest absolute Gasteiger partial charge is 0.351 e. The Morgan fingerprint density at radius 1 is 0.889 bits per heavy atom. The summed E-state index contributed by atoms with van der Waals surface area (Å²) in [7, 11) is 1.75. The van der Waals surface area contributed by atoms with Crippen LogP contribution in [0.5, 0.6) is 0 Å². The van der Waals surface area contributed by atoms with Crippen LogP contribution in [-0.4, -0.2) is 66.5 Å². The zero-order chi connectivity index (χ0) is 26.7.